The Bertz CT molecular complexity index is 375. The summed E-state index contributed by atoms with van der Waals surface area (Å²) in [6.07, 6.45) is 6.47. The lowest BCUT2D eigenvalue weighted by Gasteiger charge is -2.32. The van der Waals surface area contributed by atoms with E-state index in [9.17, 15) is 0 Å². The van der Waals surface area contributed by atoms with Crippen LogP contribution in [0.5, 0.6) is 0 Å². The van der Waals surface area contributed by atoms with Crippen LogP contribution in [0.1, 0.15) is 57.0 Å². The maximum Gasteiger partial charge on any atom is 0.0625 e. The summed E-state index contributed by atoms with van der Waals surface area (Å²) in [6, 6.07) is 2.74. The van der Waals surface area contributed by atoms with Crippen LogP contribution in [-0.2, 0) is 13.5 Å². The Morgan fingerprint density at radius 1 is 1.39 bits per heavy atom. The fourth-order valence-corrected chi connectivity index (χ4v) is 3.25. The van der Waals surface area contributed by atoms with Crippen molar-refractivity contribution in [3.05, 3.63) is 17.5 Å². The van der Waals surface area contributed by atoms with Crippen LogP contribution in [0.4, 0.5) is 0 Å². The van der Waals surface area contributed by atoms with Crippen LogP contribution in [0, 0.1) is 11.8 Å². The molecule has 1 N–H and O–H groups in total. The van der Waals surface area contributed by atoms with E-state index in [0.29, 0.717) is 6.04 Å². The second-order valence-corrected chi connectivity index (χ2v) is 5.82. The van der Waals surface area contributed by atoms with Crippen molar-refractivity contribution in [2.45, 2.75) is 52.0 Å². The van der Waals surface area contributed by atoms with Crippen LogP contribution in [0.25, 0.3) is 0 Å². The number of nitrogens with one attached hydrogen (secondary N) is 1. The van der Waals surface area contributed by atoms with Gasteiger partial charge in [-0.1, -0.05) is 26.7 Å². The van der Waals surface area contributed by atoms with Gasteiger partial charge in [0.1, 0.15) is 0 Å². The van der Waals surface area contributed by atoms with Gasteiger partial charge in [-0.2, -0.15) is 5.10 Å². The van der Waals surface area contributed by atoms with Gasteiger partial charge in [0, 0.05) is 7.05 Å². The third-order valence-corrected chi connectivity index (χ3v) is 4.49. The van der Waals surface area contributed by atoms with Gasteiger partial charge in [-0.15, -0.1) is 0 Å². The van der Waals surface area contributed by atoms with Crippen molar-refractivity contribution >= 4 is 0 Å². The predicted molar refractivity (Wildman–Crippen MR) is 75.5 cm³/mol. The zero-order chi connectivity index (χ0) is 13.1. The maximum absolute atomic E-state index is 4.58. The molecule has 1 atom stereocenters. The molecule has 3 heteroatoms. The van der Waals surface area contributed by atoms with E-state index >= 15 is 0 Å². The molecule has 1 aliphatic carbocycles. The van der Waals surface area contributed by atoms with E-state index in [0.717, 1.165) is 18.3 Å². The Kier molecular flexibility index (Phi) is 4.44. The highest BCUT2D eigenvalue weighted by Crippen LogP contribution is 2.36. The van der Waals surface area contributed by atoms with Crippen molar-refractivity contribution in [1.82, 2.24) is 15.1 Å². The molecule has 2 rings (SSSR count). The monoisotopic (exact) mass is 249 g/mol. The fraction of sp³-hybridized carbons (Fsp3) is 0.800. The molecule has 1 heterocycles. The predicted octanol–water partition coefficient (Wildman–Crippen LogP) is 3.07. The molecule has 0 bridgehead atoms. The van der Waals surface area contributed by atoms with Crippen LogP contribution < -0.4 is 5.32 Å². The number of rotatable bonds is 4. The quantitative estimate of drug-likeness (QED) is 0.888. The normalized spacial score (nSPS) is 26.2. The van der Waals surface area contributed by atoms with Crippen molar-refractivity contribution in [2.75, 3.05) is 7.05 Å². The zero-order valence-electron chi connectivity index (χ0n) is 12.2. The Hall–Kier alpha value is -0.830. The van der Waals surface area contributed by atoms with Crippen molar-refractivity contribution in [3.63, 3.8) is 0 Å². The van der Waals surface area contributed by atoms with E-state index in [1.165, 1.54) is 37.1 Å². The molecule has 1 unspecified atom stereocenters. The van der Waals surface area contributed by atoms with Gasteiger partial charge in [0.2, 0.25) is 0 Å². The Balaban J connectivity index is 2.14. The van der Waals surface area contributed by atoms with Crippen LogP contribution in [-0.4, -0.2) is 16.8 Å². The maximum atomic E-state index is 4.58. The Labute approximate surface area is 111 Å². The van der Waals surface area contributed by atoms with Gasteiger partial charge < -0.3 is 5.32 Å². The van der Waals surface area contributed by atoms with Gasteiger partial charge in [0.15, 0.2) is 0 Å². The summed E-state index contributed by atoms with van der Waals surface area (Å²) in [5.74, 6) is 1.68. The first-order valence-corrected chi connectivity index (χ1v) is 7.35. The van der Waals surface area contributed by atoms with Gasteiger partial charge >= 0.3 is 0 Å². The number of hydrogen-bond donors (Lipinski definition) is 1. The van der Waals surface area contributed by atoms with Crippen molar-refractivity contribution < 1.29 is 0 Å². The highest BCUT2D eigenvalue weighted by atomic mass is 15.3. The van der Waals surface area contributed by atoms with E-state index in [2.05, 4.69) is 49.1 Å². The van der Waals surface area contributed by atoms with E-state index in [4.69, 9.17) is 0 Å². The average molecular weight is 249 g/mol. The summed E-state index contributed by atoms with van der Waals surface area (Å²) in [4.78, 5) is 0. The first kappa shape index (κ1) is 13.6. The standard InChI is InChI=1S/C15H27N3/c1-5-13-10-14(18(4)17-13)15(16-3)12-8-6-11(2)7-9-12/h10-12,15-16H,5-9H2,1-4H3. The fourth-order valence-electron chi connectivity index (χ4n) is 3.25. The molecule has 0 spiro atoms. The molecule has 0 saturated heterocycles. The summed E-state index contributed by atoms with van der Waals surface area (Å²) in [6.45, 7) is 4.55. The van der Waals surface area contributed by atoms with Crippen LogP contribution in [0.3, 0.4) is 0 Å². The van der Waals surface area contributed by atoms with Gasteiger partial charge in [0.25, 0.3) is 0 Å². The molecule has 1 aliphatic rings. The highest BCUT2D eigenvalue weighted by Gasteiger charge is 2.28. The highest BCUT2D eigenvalue weighted by molar-refractivity contribution is 5.15. The molecule has 102 valence electrons. The number of aryl methyl sites for hydroxylation is 2. The van der Waals surface area contributed by atoms with E-state index in [1.54, 1.807) is 0 Å². The molecule has 0 amide bonds. The van der Waals surface area contributed by atoms with Crippen LogP contribution in [0.15, 0.2) is 6.07 Å². The first-order chi connectivity index (χ1) is 8.65. The van der Waals surface area contributed by atoms with Gasteiger partial charge in [-0.25, -0.2) is 0 Å². The second-order valence-electron chi connectivity index (χ2n) is 5.82. The van der Waals surface area contributed by atoms with E-state index in [1.807, 2.05) is 0 Å². The molecule has 18 heavy (non-hydrogen) atoms. The third-order valence-electron chi connectivity index (χ3n) is 4.49. The second kappa shape index (κ2) is 5.87. The average Bonchev–Trinajstić information content (AvgIpc) is 2.74. The van der Waals surface area contributed by atoms with Crippen molar-refractivity contribution in [1.29, 1.82) is 0 Å². The molecule has 1 fully saturated rings. The third kappa shape index (κ3) is 2.77. The number of aromatic nitrogens is 2. The van der Waals surface area contributed by atoms with Crippen molar-refractivity contribution in [3.8, 4) is 0 Å². The lowest BCUT2D eigenvalue weighted by atomic mass is 9.78. The topological polar surface area (TPSA) is 29.9 Å². The summed E-state index contributed by atoms with van der Waals surface area (Å²) < 4.78 is 2.07. The lowest BCUT2D eigenvalue weighted by molar-refractivity contribution is 0.232. The molecular weight excluding hydrogens is 222 g/mol. The minimum atomic E-state index is 0.468. The number of nitrogens with zero attached hydrogens (tertiary/aromatic N) is 2. The van der Waals surface area contributed by atoms with E-state index in [-0.39, 0.29) is 0 Å². The molecule has 0 radical (unpaired) electrons. The molecule has 1 aromatic heterocycles. The minimum absolute atomic E-state index is 0.468. The summed E-state index contributed by atoms with van der Waals surface area (Å²) >= 11 is 0. The summed E-state index contributed by atoms with van der Waals surface area (Å²) in [7, 11) is 4.16. The molecule has 1 aromatic rings. The molecule has 0 aliphatic heterocycles. The van der Waals surface area contributed by atoms with Crippen LogP contribution >= 0.6 is 0 Å². The smallest absolute Gasteiger partial charge is 0.0625 e. The molecular formula is C15H27N3. The van der Waals surface area contributed by atoms with Gasteiger partial charge in [-0.3, -0.25) is 4.68 Å². The Morgan fingerprint density at radius 2 is 2.06 bits per heavy atom. The van der Waals surface area contributed by atoms with Crippen molar-refractivity contribution in [2.24, 2.45) is 18.9 Å². The van der Waals surface area contributed by atoms with Gasteiger partial charge in [0.05, 0.1) is 17.4 Å². The van der Waals surface area contributed by atoms with Gasteiger partial charge in [-0.05, 0) is 44.2 Å². The largest absolute Gasteiger partial charge is 0.311 e. The van der Waals surface area contributed by atoms with Crippen LogP contribution in [0.2, 0.25) is 0 Å². The zero-order valence-corrected chi connectivity index (χ0v) is 12.2. The molecule has 3 nitrogen and oxygen atoms in total. The summed E-state index contributed by atoms with van der Waals surface area (Å²) in [5.41, 5.74) is 2.56. The summed E-state index contributed by atoms with van der Waals surface area (Å²) in [5, 5.41) is 8.10. The lowest BCUT2D eigenvalue weighted by Crippen LogP contribution is -2.29. The minimum Gasteiger partial charge on any atom is -0.311 e. The Morgan fingerprint density at radius 3 is 2.56 bits per heavy atom. The molecule has 0 aromatic carbocycles. The van der Waals surface area contributed by atoms with E-state index < -0.39 is 0 Å². The molecule has 1 saturated carbocycles. The number of hydrogen-bond acceptors (Lipinski definition) is 2. The first-order valence-electron chi connectivity index (χ1n) is 7.35. The SMILES string of the molecule is CCc1cc(C(NC)C2CCC(C)CC2)n(C)n1.